The van der Waals surface area contributed by atoms with Crippen LogP contribution in [0.25, 0.3) is 11.0 Å². The minimum Gasteiger partial charge on any atom is -0.399 e. The molecule has 0 bridgehead atoms. The van der Waals surface area contributed by atoms with Crippen molar-refractivity contribution in [3.05, 3.63) is 84.4 Å². The van der Waals surface area contributed by atoms with E-state index in [0.29, 0.717) is 0 Å². The Kier molecular flexibility index (Phi) is 4.72. The minimum atomic E-state index is -0.444. The van der Waals surface area contributed by atoms with Crippen molar-refractivity contribution in [3.8, 4) is 0 Å². The first kappa shape index (κ1) is 17.7. The fraction of sp³-hybridized carbons (Fsp3) is 0.273. The van der Waals surface area contributed by atoms with Crippen LogP contribution in [-0.4, -0.2) is 18.3 Å². The normalized spacial score (nSPS) is 19.4. The van der Waals surface area contributed by atoms with Crippen LogP contribution >= 0.6 is 0 Å². The lowest BCUT2D eigenvalue weighted by molar-refractivity contribution is 0.00578. The quantitative estimate of drug-likeness (QED) is 0.423. The first-order valence-corrected chi connectivity index (χ1v) is 8.69. The number of rotatable bonds is 4. The molecule has 2 aromatic carbocycles. The lowest BCUT2D eigenvalue weighted by Crippen LogP contribution is -2.41. The zero-order valence-corrected chi connectivity index (χ0v) is 15.5. The summed E-state index contributed by atoms with van der Waals surface area (Å²) in [6.07, 6.45) is 1.89. The molecular formula is C22H25BO2. The molecule has 1 heterocycles. The van der Waals surface area contributed by atoms with E-state index in [1.807, 2.05) is 42.5 Å². The third-order valence-electron chi connectivity index (χ3n) is 5.15. The molecule has 3 heteroatoms. The van der Waals surface area contributed by atoms with Crippen LogP contribution in [0.4, 0.5) is 0 Å². The van der Waals surface area contributed by atoms with Crippen molar-refractivity contribution in [1.29, 1.82) is 0 Å². The van der Waals surface area contributed by atoms with Gasteiger partial charge in [-0.1, -0.05) is 73.3 Å². The van der Waals surface area contributed by atoms with Crippen molar-refractivity contribution < 1.29 is 9.31 Å². The standard InChI is InChI=1S/C22H25BO2/c1-6-19(17-13-9-7-10-14-17)20(18-15-11-8-12-16-18)23-24-21(2,3)22(4,5)25-23/h6-16H,1H2,2-5H3/b20-19+. The number of allylic oxidation sites excluding steroid dienone is 2. The molecule has 0 saturated carbocycles. The van der Waals surface area contributed by atoms with Gasteiger partial charge in [0.15, 0.2) is 0 Å². The van der Waals surface area contributed by atoms with Gasteiger partial charge in [0.25, 0.3) is 0 Å². The Morgan fingerprint density at radius 2 is 1.24 bits per heavy atom. The largest absolute Gasteiger partial charge is 0.496 e. The first-order chi connectivity index (χ1) is 11.9. The molecule has 0 spiro atoms. The van der Waals surface area contributed by atoms with Crippen LogP contribution in [0.2, 0.25) is 0 Å². The van der Waals surface area contributed by atoms with E-state index < -0.39 is 7.12 Å². The van der Waals surface area contributed by atoms with Crippen LogP contribution < -0.4 is 0 Å². The van der Waals surface area contributed by atoms with Crippen molar-refractivity contribution in [1.82, 2.24) is 0 Å². The monoisotopic (exact) mass is 332 g/mol. The SMILES string of the molecule is C=C/C(=C(\B1OC(C)(C)C(C)(C)O1)c1ccccc1)c1ccccc1. The maximum atomic E-state index is 6.36. The van der Waals surface area contributed by atoms with E-state index in [9.17, 15) is 0 Å². The summed E-state index contributed by atoms with van der Waals surface area (Å²) >= 11 is 0. The Balaban J connectivity index is 2.18. The molecule has 25 heavy (non-hydrogen) atoms. The highest BCUT2D eigenvalue weighted by Crippen LogP contribution is 2.42. The highest BCUT2D eigenvalue weighted by Gasteiger charge is 2.53. The molecule has 3 rings (SSSR count). The van der Waals surface area contributed by atoms with Crippen LogP contribution in [0.15, 0.2) is 73.3 Å². The van der Waals surface area contributed by atoms with E-state index in [1.54, 1.807) is 0 Å². The van der Waals surface area contributed by atoms with Gasteiger partial charge in [0.2, 0.25) is 0 Å². The Bertz CT molecular complexity index is 760. The second-order valence-corrected chi connectivity index (χ2v) is 7.35. The van der Waals surface area contributed by atoms with E-state index in [0.717, 1.165) is 22.2 Å². The molecule has 0 unspecified atom stereocenters. The molecule has 1 saturated heterocycles. The van der Waals surface area contributed by atoms with Gasteiger partial charge >= 0.3 is 7.12 Å². The first-order valence-electron chi connectivity index (χ1n) is 8.69. The second kappa shape index (κ2) is 6.66. The van der Waals surface area contributed by atoms with Gasteiger partial charge in [-0.2, -0.15) is 0 Å². The molecule has 0 atom stereocenters. The number of hydrogen-bond donors (Lipinski definition) is 0. The second-order valence-electron chi connectivity index (χ2n) is 7.35. The molecule has 2 aromatic rings. The van der Waals surface area contributed by atoms with Gasteiger partial charge in [0.1, 0.15) is 0 Å². The maximum absolute atomic E-state index is 6.36. The van der Waals surface area contributed by atoms with Gasteiger partial charge in [-0.3, -0.25) is 0 Å². The Labute approximate surface area is 151 Å². The summed E-state index contributed by atoms with van der Waals surface area (Å²) < 4.78 is 12.7. The van der Waals surface area contributed by atoms with Crippen molar-refractivity contribution in [2.75, 3.05) is 0 Å². The van der Waals surface area contributed by atoms with Gasteiger partial charge in [-0.25, -0.2) is 0 Å². The average molecular weight is 332 g/mol. The predicted molar refractivity (Wildman–Crippen MR) is 106 cm³/mol. The summed E-state index contributed by atoms with van der Waals surface area (Å²) in [6.45, 7) is 12.4. The molecule has 0 aromatic heterocycles. The number of benzene rings is 2. The van der Waals surface area contributed by atoms with Crippen molar-refractivity contribution in [3.63, 3.8) is 0 Å². The third-order valence-corrected chi connectivity index (χ3v) is 5.15. The third kappa shape index (κ3) is 3.35. The summed E-state index contributed by atoms with van der Waals surface area (Å²) in [5.41, 5.74) is 3.46. The molecule has 128 valence electrons. The molecule has 0 N–H and O–H groups in total. The van der Waals surface area contributed by atoms with Crippen LogP contribution in [-0.2, 0) is 9.31 Å². The molecule has 1 fully saturated rings. The van der Waals surface area contributed by atoms with Crippen molar-refractivity contribution >= 4 is 18.2 Å². The summed E-state index contributed by atoms with van der Waals surface area (Å²) in [5, 5.41) is 0. The molecule has 0 radical (unpaired) electrons. The average Bonchev–Trinajstić information content (AvgIpc) is 2.81. The molecule has 0 aliphatic carbocycles. The summed E-state index contributed by atoms with van der Waals surface area (Å²) in [5.74, 6) is 0. The Morgan fingerprint density at radius 3 is 1.68 bits per heavy atom. The van der Waals surface area contributed by atoms with Gasteiger partial charge in [0.05, 0.1) is 11.2 Å². The van der Waals surface area contributed by atoms with Crippen molar-refractivity contribution in [2.24, 2.45) is 0 Å². The highest BCUT2D eigenvalue weighted by molar-refractivity contribution is 6.71. The van der Waals surface area contributed by atoms with Crippen molar-refractivity contribution in [2.45, 2.75) is 38.9 Å². The maximum Gasteiger partial charge on any atom is 0.496 e. The van der Waals surface area contributed by atoms with E-state index in [1.165, 1.54) is 0 Å². The van der Waals surface area contributed by atoms with Gasteiger partial charge in [0, 0.05) is 0 Å². The summed E-state index contributed by atoms with van der Waals surface area (Å²) in [4.78, 5) is 0. The van der Waals surface area contributed by atoms with E-state index >= 15 is 0 Å². The van der Waals surface area contributed by atoms with Gasteiger partial charge in [-0.15, -0.1) is 0 Å². The molecule has 1 aliphatic rings. The zero-order valence-electron chi connectivity index (χ0n) is 15.5. The highest BCUT2D eigenvalue weighted by atomic mass is 16.7. The van der Waals surface area contributed by atoms with E-state index in [2.05, 4.69) is 58.5 Å². The molecular weight excluding hydrogens is 307 g/mol. The molecule has 1 aliphatic heterocycles. The lowest BCUT2D eigenvalue weighted by Gasteiger charge is -2.32. The Morgan fingerprint density at radius 1 is 0.800 bits per heavy atom. The minimum absolute atomic E-state index is 0.388. The molecule has 0 amide bonds. The lowest BCUT2D eigenvalue weighted by atomic mass is 9.70. The molecule has 2 nitrogen and oxygen atoms in total. The van der Waals surface area contributed by atoms with Crippen LogP contribution in [0, 0.1) is 0 Å². The van der Waals surface area contributed by atoms with Gasteiger partial charge < -0.3 is 9.31 Å². The van der Waals surface area contributed by atoms with Crippen LogP contribution in [0.5, 0.6) is 0 Å². The predicted octanol–water partition coefficient (Wildman–Crippen LogP) is 5.41. The van der Waals surface area contributed by atoms with Gasteiger partial charge in [-0.05, 0) is 49.9 Å². The topological polar surface area (TPSA) is 18.5 Å². The Hall–Kier alpha value is -2.10. The van der Waals surface area contributed by atoms with E-state index in [4.69, 9.17) is 9.31 Å². The number of hydrogen-bond acceptors (Lipinski definition) is 2. The van der Waals surface area contributed by atoms with Crippen LogP contribution in [0.3, 0.4) is 0 Å². The van der Waals surface area contributed by atoms with Crippen LogP contribution in [0.1, 0.15) is 38.8 Å². The fourth-order valence-corrected chi connectivity index (χ4v) is 3.00. The summed E-state index contributed by atoms with van der Waals surface area (Å²) in [7, 11) is -0.444. The summed E-state index contributed by atoms with van der Waals surface area (Å²) in [6, 6.07) is 20.5. The zero-order chi connectivity index (χ0) is 18.1. The van der Waals surface area contributed by atoms with E-state index in [-0.39, 0.29) is 11.2 Å². The smallest absolute Gasteiger partial charge is 0.399 e. The fourth-order valence-electron chi connectivity index (χ4n) is 3.00.